The van der Waals surface area contributed by atoms with E-state index in [2.05, 4.69) is 10.4 Å². The molecule has 1 unspecified atom stereocenters. The standard InChI is InChI=1S/C11H19N3O2S/c1-3-14-10(4-6-13-14)8-12-11(2)5-7-17(15,16)9-11/h4,6,12H,3,5,7-9H2,1-2H3. The van der Waals surface area contributed by atoms with Gasteiger partial charge in [-0.3, -0.25) is 4.68 Å². The minimum atomic E-state index is -2.85. The Morgan fingerprint density at radius 2 is 2.35 bits per heavy atom. The van der Waals surface area contributed by atoms with E-state index in [-0.39, 0.29) is 11.3 Å². The second kappa shape index (κ2) is 4.42. The Labute approximate surface area is 102 Å². The van der Waals surface area contributed by atoms with Gasteiger partial charge in [0.05, 0.1) is 17.2 Å². The fourth-order valence-corrected chi connectivity index (χ4v) is 4.37. The van der Waals surface area contributed by atoms with Crippen molar-refractivity contribution in [3.8, 4) is 0 Å². The molecule has 0 amide bonds. The molecule has 17 heavy (non-hydrogen) atoms. The summed E-state index contributed by atoms with van der Waals surface area (Å²) in [6, 6.07) is 1.96. The fraction of sp³-hybridized carbons (Fsp3) is 0.727. The quantitative estimate of drug-likeness (QED) is 0.856. The lowest BCUT2D eigenvalue weighted by atomic mass is 10.0. The predicted octanol–water partition coefficient (Wildman–Crippen LogP) is 0.570. The Kier molecular flexibility index (Phi) is 3.27. The largest absolute Gasteiger partial charge is 0.305 e. The van der Waals surface area contributed by atoms with E-state index in [0.717, 1.165) is 12.2 Å². The zero-order valence-corrected chi connectivity index (χ0v) is 11.1. The number of hydrogen-bond donors (Lipinski definition) is 1. The summed E-state index contributed by atoms with van der Waals surface area (Å²) in [5.74, 6) is 0.532. The van der Waals surface area contributed by atoms with Gasteiger partial charge in [-0.2, -0.15) is 5.10 Å². The molecular weight excluding hydrogens is 238 g/mol. The zero-order valence-electron chi connectivity index (χ0n) is 10.3. The van der Waals surface area contributed by atoms with Crippen molar-refractivity contribution in [3.05, 3.63) is 18.0 Å². The summed E-state index contributed by atoms with van der Waals surface area (Å²) < 4.78 is 24.9. The normalized spacial score (nSPS) is 27.4. The fourth-order valence-electron chi connectivity index (χ4n) is 2.25. The second-order valence-electron chi connectivity index (χ2n) is 4.89. The monoisotopic (exact) mass is 257 g/mol. The summed E-state index contributed by atoms with van der Waals surface area (Å²) in [4.78, 5) is 0. The first kappa shape index (κ1) is 12.6. The summed E-state index contributed by atoms with van der Waals surface area (Å²) in [6.45, 7) is 5.52. The van der Waals surface area contributed by atoms with Gasteiger partial charge in [0, 0.05) is 24.8 Å². The van der Waals surface area contributed by atoms with E-state index in [1.165, 1.54) is 0 Å². The Bertz CT molecular complexity index is 495. The van der Waals surface area contributed by atoms with Crippen molar-refractivity contribution in [1.82, 2.24) is 15.1 Å². The van der Waals surface area contributed by atoms with Crippen molar-refractivity contribution in [2.75, 3.05) is 11.5 Å². The first-order chi connectivity index (χ1) is 7.94. The second-order valence-corrected chi connectivity index (χ2v) is 7.08. The lowest BCUT2D eigenvalue weighted by Crippen LogP contribution is -2.43. The molecule has 2 heterocycles. The van der Waals surface area contributed by atoms with Crippen molar-refractivity contribution >= 4 is 9.84 Å². The van der Waals surface area contributed by atoms with E-state index in [4.69, 9.17) is 0 Å². The molecule has 1 aliphatic rings. The van der Waals surface area contributed by atoms with Crippen LogP contribution in [0.1, 0.15) is 26.0 Å². The van der Waals surface area contributed by atoms with E-state index < -0.39 is 9.84 Å². The number of nitrogens with zero attached hydrogens (tertiary/aromatic N) is 2. The average molecular weight is 257 g/mol. The van der Waals surface area contributed by atoms with Crippen LogP contribution in [0.4, 0.5) is 0 Å². The van der Waals surface area contributed by atoms with Crippen molar-refractivity contribution in [3.63, 3.8) is 0 Å². The third-order valence-electron chi connectivity index (χ3n) is 3.30. The summed E-state index contributed by atoms with van der Waals surface area (Å²) in [5, 5.41) is 7.54. The number of hydrogen-bond acceptors (Lipinski definition) is 4. The maximum absolute atomic E-state index is 11.5. The highest BCUT2D eigenvalue weighted by molar-refractivity contribution is 7.91. The van der Waals surface area contributed by atoms with Gasteiger partial charge in [0.1, 0.15) is 0 Å². The number of nitrogens with one attached hydrogen (secondary N) is 1. The summed E-state index contributed by atoms with van der Waals surface area (Å²) in [5.41, 5.74) is 0.805. The van der Waals surface area contributed by atoms with Crippen LogP contribution in [0.15, 0.2) is 12.3 Å². The van der Waals surface area contributed by atoms with Crippen LogP contribution in [-0.2, 0) is 22.9 Å². The molecule has 0 aliphatic carbocycles. The van der Waals surface area contributed by atoms with Crippen LogP contribution in [-0.4, -0.2) is 35.2 Å². The molecule has 0 saturated carbocycles. The molecule has 1 aromatic heterocycles. The molecule has 5 nitrogen and oxygen atoms in total. The molecule has 0 spiro atoms. The maximum atomic E-state index is 11.5. The van der Waals surface area contributed by atoms with Crippen molar-refractivity contribution in [2.24, 2.45) is 0 Å². The molecule has 0 aromatic carbocycles. The Morgan fingerprint density at radius 1 is 1.59 bits per heavy atom. The van der Waals surface area contributed by atoms with Crippen molar-refractivity contribution < 1.29 is 8.42 Å². The molecule has 1 aromatic rings. The Morgan fingerprint density at radius 3 is 2.94 bits per heavy atom. The van der Waals surface area contributed by atoms with Crippen LogP contribution >= 0.6 is 0 Å². The van der Waals surface area contributed by atoms with Gasteiger partial charge in [0.25, 0.3) is 0 Å². The van der Waals surface area contributed by atoms with Crippen LogP contribution in [0, 0.1) is 0 Å². The van der Waals surface area contributed by atoms with Crippen molar-refractivity contribution in [2.45, 2.75) is 38.9 Å². The topological polar surface area (TPSA) is 64.0 Å². The molecule has 1 fully saturated rings. The van der Waals surface area contributed by atoms with Crippen LogP contribution in [0.5, 0.6) is 0 Å². The van der Waals surface area contributed by atoms with Gasteiger partial charge in [-0.25, -0.2) is 8.42 Å². The number of rotatable bonds is 4. The first-order valence-electron chi connectivity index (χ1n) is 5.90. The van der Waals surface area contributed by atoms with E-state index in [1.807, 2.05) is 24.6 Å². The van der Waals surface area contributed by atoms with Crippen LogP contribution in [0.25, 0.3) is 0 Å². The lowest BCUT2D eigenvalue weighted by Gasteiger charge is -2.24. The highest BCUT2D eigenvalue weighted by atomic mass is 32.2. The van der Waals surface area contributed by atoms with Gasteiger partial charge in [0.2, 0.25) is 0 Å². The van der Waals surface area contributed by atoms with E-state index in [9.17, 15) is 8.42 Å². The van der Waals surface area contributed by atoms with E-state index in [0.29, 0.717) is 18.7 Å². The molecule has 1 atom stereocenters. The molecule has 96 valence electrons. The first-order valence-corrected chi connectivity index (χ1v) is 7.72. The smallest absolute Gasteiger partial charge is 0.152 e. The highest BCUT2D eigenvalue weighted by Crippen LogP contribution is 2.23. The summed E-state index contributed by atoms with van der Waals surface area (Å²) in [6.07, 6.45) is 2.46. The third kappa shape index (κ3) is 2.87. The Hall–Kier alpha value is -0.880. The molecular formula is C11H19N3O2S. The van der Waals surface area contributed by atoms with E-state index in [1.54, 1.807) is 6.20 Å². The van der Waals surface area contributed by atoms with Crippen LogP contribution < -0.4 is 5.32 Å². The third-order valence-corrected chi connectivity index (χ3v) is 5.21. The van der Waals surface area contributed by atoms with Gasteiger partial charge < -0.3 is 5.32 Å². The van der Waals surface area contributed by atoms with Gasteiger partial charge in [-0.1, -0.05) is 0 Å². The van der Waals surface area contributed by atoms with Crippen molar-refractivity contribution in [1.29, 1.82) is 0 Å². The average Bonchev–Trinajstić information content (AvgIpc) is 2.80. The van der Waals surface area contributed by atoms with Gasteiger partial charge in [0.15, 0.2) is 9.84 Å². The summed E-state index contributed by atoms with van der Waals surface area (Å²) >= 11 is 0. The van der Waals surface area contributed by atoms with Gasteiger partial charge in [-0.05, 0) is 26.3 Å². The predicted molar refractivity (Wildman–Crippen MR) is 66.4 cm³/mol. The molecule has 0 bridgehead atoms. The minimum absolute atomic E-state index is 0.236. The molecule has 2 rings (SSSR count). The minimum Gasteiger partial charge on any atom is -0.305 e. The Balaban J connectivity index is 1.99. The molecule has 0 radical (unpaired) electrons. The van der Waals surface area contributed by atoms with Gasteiger partial charge >= 0.3 is 0 Å². The SMILES string of the molecule is CCn1nccc1CNC1(C)CCS(=O)(=O)C1. The maximum Gasteiger partial charge on any atom is 0.152 e. The number of sulfone groups is 1. The zero-order chi connectivity index (χ0) is 12.5. The number of aryl methyl sites for hydroxylation is 1. The molecule has 6 heteroatoms. The molecule has 1 aliphatic heterocycles. The van der Waals surface area contributed by atoms with Gasteiger partial charge in [-0.15, -0.1) is 0 Å². The van der Waals surface area contributed by atoms with Crippen LogP contribution in [0.3, 0.4) is 0 Å². The number of aromatic nitrogens is 2. The summed E-state index contributed by atoms with van der Waals surface area (Å²) in [7, 11) is -2.85. The van der Waals surface area contributed by atoms with E-state index >= 15 is 0 Å². The molecule has 1 N–H and O–H groups in total. The molecule has 1 saturated heterocycles. The van der Waals surface area contributed by atoms with Crippen LogP contribution in [0.2, 0.25) is 0 Å². The lowest BCUT2D eigenvalue weighted by molar-refractivity contribution is 0.387. The highest BCUT2D eigenvalue weighted by Gasteiger charge is 2.37.